The molecule has 1 aliphatic heterocycles. The van der Waals surface area contributed by atoms with Crippen molar-refractivity contribution in [2.45, 2.75) is 25.3 Å². The number of rotatable bonds is 3. The first kappa shape index (κ1) is 13.1. The number of amides is 1. The minimum Gasteiger partial charge on any atom is -0.341 e. The lowest BCUT2D eigenvalue weighted by atomic mass is 10.0. The molecule has 3 nitrogen and oxygen atoms in total. The van der Waals surface area contributed by atoms with Gasteiger partial charge in [-0.2, -0.15) is 0 Å². The molecule has 3 rings (SSSR count). The zero-order chi connectivity index (χ0) is 13.9. The van der Waals surface area contributed by atoms with Crippen LogP contribution in [0.1, 0.15) is 30.9 Å². The van der Waals surface area contributed by atoms with E-state index in [-0.39, 0.29) is 11.9 Å². The predicted octanol–water partition coefficient (Wildman–Crippen LogP) is 2.85. The first-order valence-electron chi connectivity index (χ1n) is 7.26. The first-order chi connectivity index (χ1) is 9.74. The van der Waals surface area contributed by atoms with E-state index in [0.29, 0.717) is 13.0 Å². The molecule has 2 N–H and O–H groups in total. The number of carbonyl (C=O) groups is 1. The van der Waals surface area contributed by atoms with Gasteiger partial charge >= 0.3 is 0 Å². The Labute approximate surface area is 119 Å². The van der Waals surface area contributed by atoms with Crippen LogP contribution in [0.15, 0.2) is 42.5 Å². The highest BCUT2D eigenvalue weighted by molar-refractivity contribution is 5.83. The van der Waals surface area contributed by atoms with E-state index in [1.165, 1.54) is 10.8 Å². The second-order valence-electron chi connectivity index (χ2n) is 5.51. The third kappa shape index (κ3) is 2.68. The summed E-state index contributed by atoms with van der Waals surface area (Å²) in [6.45, 7) is 1.47. The van der Waals surface area contributed by atoms with E-state index in [0.717, 1.165) is 24.9 Å². The number of benzene rings is 2. The number of nitrogens with zero attached hydrogens (tertiary/aromatic N) is 1. The fraction of sp³-hybridized carbons (Fsp3) is 0.353. The van der Waals surface area contributed by atoms with Crippen molar-refractivity contribution in [2.24, 2.45) is 5.73 Å². The lowest BCUT2D eigenvalue weighted by Crippen LogP contribution is -2.40. The Balaban J connectivity index is 1.77. The summed E-state index contributed by atoms with van der Waals surface area (Å²) < 4.78 is 0. The molecule has 2 aromatic rings. The Morgan fingerprint density at radius 3 is 2.70 bits per heavy atom. The zero-order valence-electron chi connectivity index (χ0n) is 11.6. The van der Waals surface area contributed by atoms with E-state index in [4.69, 9.17) is 5.73 Å². The normalized spacial score (nSPS) is 17.4. The molecule has 2 aromatic carbocycles. The molecule has 0 aliphatic carbocycles. The number of hydrogen-bond donors (Lipinski definition) is 1. The van der Waals surface area contributed by atoms with Crippen LogP contribution in [-0.4, -0.2) is 23.9 Å². The van der Waals surface area contributed by atoms with Gasteiger partial charge in [-0.05, 0) is 35.2 Å². The SMILES string of the molecule is NC(CN1CCCCC1=O)c1ccc2ccccc2c1. The van der Waals surface area contributed by atoms with Crippen LogP contribution >= 0.6 is 0 Å². The maximum atomic E-state index is 11.8. The summed E-state index contributed by atoms with van der Waals surface area (Å²) in [6.07, 6.45) is 2.78. The summed E-state index contributed by atoms with van der Waals surface area (Å²) in [5.74, 6) is 0.243. The summed E-state index contributed by atoms with van der Waals surface area (Å²) in [6, 6.07) is 14.5. The zero-order valence-corrected chi connectivity index (χ0v) is 11.6. The van der Waals surface area contributed by atoms with Gasteiger partial charge in [0.05, 0.1) is 0 Å². The van der Waals surface area contributed by atoms with E-state index < -0.39 is 0 Å². The average Bonchev–Trinajstić information content (AvgIpc) is 2.49. The van der Waals surface area contributed by atoms with Gasteiger partial charge in [0.15, 0.2) is 0 Å². The minimum absolute atomic E-state index is 0.110. The number of carbonyl (C=O) groups excluding carboxylic acids is 1. The van der Waals surface area contributed by atoms with E-state index in [9.17, 15) is 4.79 Å². The van der Waals surface area contributed by atoms with Crippen molar-refractivity contribution in [3.05, 3.63) is 48.0 Å². The van der Waals surface area contributed by atoms with Crippen molar-refractivity contribution in [3.8, 4) is 0 Å². The Bertz CT molecular complexity index is 623. The predicted molar refractivity (Wildman–Crippen MR) is 81.3 cm³/mol. The van der Waals surface area contributed by atoms with Crippen LogP contribution in [0.3, 0.4) is 0 Å². The molecule has 1 saturated heterocycles. The third-order valence-electron chi connectivity index (χ3n) is 4.04. The van der Waals surface area contributed by atoms with Gasteiger partial charge in [0.25, 0.3) is 0 Å². The highest BCUT2D eigenvalue weighted by Crippen LogP contribution is 2.21. The highest BCUT2D eigenvalue weighted by Gasteiger charge is 2.20. The number of hydrogen-bond acceptors (Lipinski definition) is 2. The van der Waals surface area contributed by atoms with Gasteiger partial charge in [0.2, 0.25) is 5.91 Å². The summed E-state index contributed by atoms with van der Waals surface area (Å²) in [4.78, 5) is 13.7. The monoisotopic (exact) mass is 268 g/mol. The maximum Gasteiger partial charge on any atom is 0.222 e. The van der Waals surface area contributed by atoms with E-state index in [2.05, 4.69) is 30.3 Å². The maximum absolute atomic E-state index is 11.8. The molecule has 1 fully saturated rings. The third-order valence-corrected chi connectivity index (χ3v) is 4.04. The van der Waals surface area contributed by atoms with E-state index >= 15 is 0 Å². The van der Waals surface area contributed by atoms with Gasteiger partial charge in [0, 0.05) is 25.6 Å². The van der Waals surface area contributed by atoms with Gasteiger partial charge in [-0.25, -0.2) is 0 Å². The molecular formula is C17H20N2O. The minimum atomic E-state index is -0.110. The second kappa shape index (κ2) is 5.63. The Morgan fingerprint density at radius 1 is 1.10 bits per heavy atom. The van der Waals surface area contributed by atoms with Gasteiger partial charge in [-0.15, -0.1) is 0 Å². The number of piperidine rings is 1. The Morgan fingerprint density at radius 2 is 1.90 bits per heavy atom. The number of fused-ring (bicyclic) bond motifs is 1. The van der Waals surface area contributed by atoms with E-state index in [1.54, 1.807) is 0 Å². The van der Waals surface area contributed by atoms with Crippen molar-refractivity contribution in [3.63, 3.8) is 0 Å². The van der Waals surface area contributed by atoms with Crippen LogP contribution in [0.2, 0.25) is 0 Å². The van der Waals surface area contributed by atoms with Crippen molar-refractivity contribution in [1.29, 1.82) is 0 Å². The topological polar surface area (TPSA) is 46.3 Å². The van der Waals surface area contributed by atoms with Gasteiger partial charge in [-0.1, -0.05) is 36.4 Å². The smallest absolute Gasteiger partial charge is 0.222 e. The summed E-state index contributed by atoms with van der Waals surface area (Å²) >= 11 is 0. The molecule has 0 spiro atoms. The molecule has 1 aliphatic rings. The Hall–Kier alpha value is -1.87. The molecule has 104 valence electrons. The Kier molecular flexibility index (Phi) is 3.70. The number of nitrogens with two attached hydrogens (primary N) is 1. The molecule has 1 amide bonds. The van der Waals surface area contributed by atoms with Crippen LogP contribution in [-0.2, 0) is 4.79 Å². The van der Waals surface area contributed by atoms with Gasteiger partial charge in [0.1, 0.15) is 0 Å². The summed E-state index contributed by atoms with van der Waals surface area (Å²) in [5, 5.41) is 2.42. The number of likely N-dealkylation sites (tertiary alicyclic amines) is 1. The van der Waals surface area contributed by atoms with Crippen molar-refractivity contribution in [1.82, 2.24) is 4.90 Å². The molecule has 0 radical (unpaired) electrons. The van der Waals surface area contributed by atoms with Crippen LogP contribution < -0.4 is 5.73 Å². The molecule has 1 heterocycles. The van der Waals surface area contributed by atoms with Crippen molar-refractivity contribution in [2.75, 3.05) is 13.1 Å². The van der Waals surface area contributed by atoms with E-state index in [1.807, 2.05) is 17.0 Å². The van der Waals surface area contributed by atoms with Crippen LogP contribution in [0.4, 0.5) is 0 Å². The van der Waals surface area contributed by atoms with Gasteiger partial charge in [-0.3, -0.25) is 4.79 Å². The molecule has 0 saturated carbocycles. The molecule has 0 aromatic heterocycles. The first-order valence-corrected chi connectivity index (χ1v) is 7.26. The molecule has 0 bridgehead atoms. The van der Waals surface area contributed by atoms with Crippen LogP contribution in [0.5, 0.6) is 0 Å². The van der Waals surface area contributed by atoms with Crippen molar-refractivity contribution >= 4 is 16.7 Å². The summed E-state index contributed by atoms with van der Waals surface area (Å²) in [7, 11) is 0. The second-order valence-corrected chi connectivity index (χ2v) is 5.51. The van der Waals surface area contributed by atoms with Crippen molar-refractivity contribution < 1.29 is 4.79 Å². The largest absolute Gasteiger partial charge is 0.341 e. The fourth-order valence-electron chi connectivity index (χ4n) is 2.84. The standard InChI is InChI=1S/C17H20N2O/c18-16(12-19-10-4-3-7-17(19)20)15-9-8-13-5-1-2-6-14(13)11-15/h1-2,5-6,8-9,11,16H,3-4,7,10,12,18H2. The summed E-state index contributed by atoms with van der Waals surface area (Å²) in [5.41, 5.74) is 7.38. The molecular weight excluding hydrogens is 248 g/mol. The molecule has 20 heavy (non-hydrogen) atoms. The van der Waals surface area contributed by atoms with Crippen LogP contribution in [0, 0.1) is 0 Å². The molecule has 1 atom stereocenters. The fourth-order valence-corrected chi connectivity index (χ4v) is 2.84. The lowest BCUT2D eigenvalue weighted by Gasteiger charge is -2.29. The molecule has 3 heteroatoms. The van der Waals surface area contributed by atoms with Crippen LogP contribution in [0.25, 0.3) is 10.8 Å². The average molecular weight is 268 g/mol. The highest BCUT2D eigenvalue weighted by atomic mass is 16.2. The van der Waals surface area contributed by atoms with Gasteiger partial charge < -0.3 is 10.6 Å². The quantitative estimate of drug-likeness (QED) is 0.930. The lowest BCUT2D eigenvalue weighted by molar-refractivity contribution is -0.133. The molecule has 1 unspecified atom stereocenters.